The molecule has 6 nitrogen and oxygen atoms in total. The number of sulfonamides is 1. The van der Waals surface area contributed by atoms with E-state index in [4.69, 9.17) is 0 Å². The van der Waals surface area contributed by atoms with Crippen LogP contribution in [0, 0.1) is 0 Å². The Hall–Kier alpha value is -2.41. The number of fused-ring (bicyclic) bond motifs is 1. The van der Waals surface area contributed by atoms with E-state index >= 15 is 0 Å². The first kappa shape index (κ1) is 15.5. The van der Waals surface area contributed by atoms with E-state index in [0.717, 1.165) is 11.3 Å². The van der Waals surface area contributed by atoms with Crippen molar-refractivity contribution in [2.24, 2.45) is 0 Å². The van der Waals surface area contributed by atoms with E-state index in [9.17, 15) is 13.2 Å². The molecule has 0 saturated heterocycles. The fraction of sp³-hybridized carbons (Fsp3) is 0.250. The number of hydrogen-bond donors (Lipinski definition) is 1. The predicted octanol–water partition coefficient (Wildman–Crippen LogP) is 1.33. The lowest BCUT2D eigenvalue weighted by molar-refractivity contribution is 0.0950. The molecule has 2 heterocycles. The minimum Gasteiger partial charge on any atom is -0.346 e. The van der Waals surface area contributed by atoms with E-state index in [1.54, 1.807) is 24.4 Å². The van der Waals surface area contributed by atoms with Gasteiger partial charge in [0.2, 0.25) is 10.0 Å². The van der Waals surface area contributed by atoms with Gasteiger partial charge >= 0.3 is 0 Å². The Balaban J connectivity index is 1.74. The van der Waals surface area contributed by atoms with Gasteiger partial charge in [0, 0.05) is 18.3 Å². The van der Waals surface area contributed by atoms with Gasteiger partial charge in [0.15, 0.2) is 0 Å². The summed E-state index contributed by atoms with van der Waals surface area (Å²) in [6.45, 7) is 0.777. The van der Waals surface area contributed by atoms with E-state index < -0.39 is 10.0 Å². The number of amides is 1. The Morgan fingerprint density at radius 2 is 2.13 bits per heavy atom. The summed E-state index contributed by atoms with van der Waals surface area (Å²) in [5, 5.41) is 2.81. The summed E-state index contributed by atoms with van der Waals surface area (Å²) in [7, 11) is -3.27. The van der Waals surface area contributed by atoms with Crippen LogP contribution in [0.2, 0.25) is 0 Å². The van der Waals surface area contributed by atoms with Crippen LogP contribution in [0.25, 0.3) is 0 Å². The molecule has 0 fully saturated rings. The van der Waals surface area contributed by atoms with E-state index in [2.05, 4.69) is 10.3 Å². The molecule has 0 bridgehead atoms. The number of carbonyl (C=O) groups excluding carboxylic acids is 1. The fourth-order valence-corrected chi connectivity index (χ4v) is 3.59. The number of aromatic nitrogens is 1. The van der Waals surface area contributed by atoms with Gasteiger partial charge in [-0.3, -0.25) is 14.1 Å². The molecule has 0 spiro atoms. The van der Waals surface area contributed by atoms with E-state index in [1.165, 1.54) is 10.6 Å². The van der Waals surface area contributed by atoms with Gasteiger partial charge in [0.1, 0.15) is 0 Å². The highest BCUT2D eigenvalue weighted by atomic mass is 32.2. The van der Waals surface area contributed by atoms with Crippen LogP contribution in [-0.4, -0.2) is 32.1 Å². The normalized spacial score (nSPS) is 13.7. The number of anilines is 1. The predicted molar refractivity (Wildman–Crippen MR) is 87.7 cm³/mol. The largest absolute Gasteiger partial charge is 0.346 e. The van der Waals surface area contributed by atoms with Crippen molar-refractivity contribution >= 4 is 21.6 Å². The topological polar surface area (TPSA) is 79.4 Å². The third kappa shape index (κ3) is 3.34. The smallest absolute Gasteiger partial charge is 0.251 e. The van der Waals surface area contributed by atoms with Crippen LogP contribution < -0.4 is 9.62 Å². The monoisotopic (exact) mass is 331 g/mol. The molecule has 1 aromatic heterocycles. The van der Waals surface area contributed by atoms with Crippen LogP contribution in [0.1, 0.15) is 21.6 Å². The first-order valence-electron chi connectivity index (χ1n) is 7.24. The maximum absolute atomic E-state index is 12.2. The zero-order valence-corrected chi connectivity index (χ0v) is 13.5. The van der Waals surface area contributed by atoms with Gasteiger partial charge in [-0.1, -0.05) is 6.07 Å². The molecule has 0 aliphatic carbocycles. The van der Waals surface area contributed by atoms with Gasteiger partial charge in [-0.05, 0) is 42.3 Å². The van der Waals surface area contributed by atoms with E-state index in [1.807, 2.05) is 18.2 Å². The third-order valence-corrected chi connectivity index (χ3v) is 4.93. The molecule has 1 aromatic carbocycles. The van der Waals surface area contributed by atoms with Crippen LogP contribution in [-0.2, 0) is 23.0 Å². The molecule has 0 radical (unpaired) electrons. The molecular formula is C16H17N3O3S. The molecule has 23 heavy (non-hydrogen) atoms. The van der Waals surface area contributed by atoms with E-state index in [0.29, 0.717) is 30.8 Å². The highest BCUT2D eigenvalue weighted by Crippen LogP contribution is 2.30. The number of benzene rings is 1. The van der Waals surface area contributed by atoms with Gasteiger partial charge < -0.3 is 5.32 Å². The van der Waals surface area contributed by atoms with Crippen molar-refractivity contribution in [3.63, 3.8) is 0 Å². The Morgan fingerprint density at radius 3 is 2.83 bits per heavy atom. The molecule has 1 amide bonds. The van der Waals surface area contributed by atoms with Crippen molar-refractivity contribution in [1.82, 2.24) is 10.3 Å². The van der Waals surface area contributed by atoms with Gasteiger partial charge in [0.25, 0.3) is 5.91 Å². The lowest BCUT2D eigenvalue weighted by atomic mass is 10.1. The van der Waals surface area contributed by atoms with Crippen LogP contribution >= 0.6 is 0 Å². The van der Waals surface area contributed by atoms with Gasteiger partial charge in [-0.25, -0.2) is 8.42 Å². The number of pyridine rings is 1. The molecule has 0 saturated carbocycles. The summed E-state index contributed by atoms with van der Waals surface area (Å²) < 4.78 is 24.8. The molecule has 0 unspecified atom stereocenters. The average Bonchev–Trinajstić information content (AvgIpc) is 2.96. The van der Waals surface area contributed by atoms with Gasteiger partial charge in [-0.2, -0.15) is 0 Å². The number of nitrogens with one attached hydrogen (secondary N) is 1. The zero-order valence-electron chi connectivity index (χ0n) is 12.7. The first-order valence-corrected chi connectivity index (χ1v) is 9.09. The second kappa shape index (κ2) is 6.00. The maximum Gasteiger partial charge on any atom is 0.251 e. The minimum absolute atomic E-state index is 0.198. The molecule has 3 rings (SSSR count). The summed E-state index contributed by atoms with van der Waals surface area (Å²) >= 11 is 0. The Bertz CT molecular complexity index is 835. The Morgan fingerprint density at radius 1 is 1.30 bits per heavy atom. The highest BCUT2D eigenvalue weighted by molar-refractivity contribution is 7.92. The highest BCUT2D eigenvalue weighted by Gasteiger charge is 2.26. The summed E-state index contributed by atoms with van der Waals surface area (Å²) in [6, 6.07) is 10.6. The van der Waals surface area contributed by atoms with Crippen LogP contribution in [0.5, 0.6) is 0 Å². The molecule has 2 aromatic rings. The molecule has 1 N–H and O–H groups in total. The second-order valence-corrected chi connectivity index (χ2v) is 7.34. The number of carbonyl (C=O) groups is 1. The maximum atomic E-state index is 12.2. The van der Waals surface area contributed by atoms with Crippen molar-refractivity contribution < 1.29 is 13.2 Å². The Labute approximate surface area is 135 Å². The van der Waals surface area contributed by atoms with Crippen molar-refractivity contribution in [2.45, 2.75) is 13.0 Å². The first-order chi connectivity index (χ1) is 10.9. The molecule has 1 aliphatic rings. The van der Waals surface area contributed by atoms with E-state index in [-0.39, 0.29) is 5.91 Å². The third-order valence-electron chi connectivity index (χ3n) is 3.75. The van der Waals surface area contributed by atoms with Crippen LogP contribution in [0.4, 0.5) is 5.69 Å². The molecule has 120 valence electrons. The molecular weight excluding hydrogens is 314 g/mol. The standard InChI is InChI=1S/C16H17N3O3S/c1-23(21,22)19-9-7-12-10-13(5-6-15(12)19)16(20)18-11-14-4-2-3-8-17-14/h2-6,8,10H,7,9,11H2,1H3,(H,18,20). The summed E-state index contributed by atoms with van der Waals surface area (Å²) in [6.07, 6.45) is 3.48. The SMILES string of the molecule is CS(=O)(=O)N1CCc2cc(C(=O)NCc3ccccn3)ccc21. The molecule has 7 heteroatoms. The zero-order chi connectivity index (χ0) is 16.4. The second-order valence-electron chi connectivity index (χ2n) is 5.43. The van der Waals surface area contributed by atoms with Crippen LogP contribution in [0.3, 0.4) is 0 Å². The van der Waals surface area contributed by atoms with Gasteiger partial charge in [-0.15, -0.1) is 0 Å². The lowest BCUT2D eigenvalue weighted by Crippen LogP contribution is -2.27. The minimum atomic E-state index is -3.27. The van der Waals surface area contributed by atoms with Crippen molar-refractivity contribution in [1.29, 1.82) is 0 Å². The van der Waals surface area contributed by atoms with Crippen molar-refractivity contribution in [3.05, 3.63) is 59.4 Å². The number of hydrogen-bond acceptors (Lipinski definition) is 4. The quantitative estimate of drug-likeness (QED) is 0.917. The summed E-state index contributed by atoms with van der Waals surface area (Å²) in [5.74, 6) is -0.198. The number of rotatable bonds is 4. The lowest BCUT2D eigenvalue weighted by Gasteiger charge is -2.16. The molecule has 1 aliphatic heterocycles. The molecule has 0 atom stereocenters. The summed E-state index contributed by atoms with van der Waals surface area (Å²) in [5.41, 5.74) is 2.84. The van der Waals surface area contributed by atoms with Gasteiger partial charge in [0.05, 0.1) is 24.2 Å². The average molecular weight is 331 g/mol. The fourth-order valence-electron chi connectivity index (χ4n) is 2.63. The van der Waals surface area contributed by atoms with Crippen molar-refractivity contribution in [2.75, 3.05) is 17.1 Å². The number of nitrogens with zero attached hydrogens (tertiary/aromatic N) is 2. The van der Waals surface area contributed by atoms with Crippen molar-refractivity contribution in [3.8, 4) is 0 Å². The van der Waals surface area contributed by atoms with Crippen LogP contribution in [0.15, 0.2) is 42.6 Å². The summed E-state index contributed by atoms with van der Waals surface area (Å²) in [4.78, 5) is 16.4. The Kier molecular flexibility index (Phi) is 4.04.